The van der Waals surface area contributed by atoms with E-state index in [1.54, 1.807) is 21.9 Å². The molecule has 2 amide bonds. The highest BCUT2D eigenvalue weighted by atomic mass is 32.2. The first-order valence-electron chi connectivity index (χ1n) is 10.0. The number of urea groups is 1. The number of rotatable bonds is 5. The standard InChI is InChI=1S/C21H25FN4O3S/c1-30(28,29)24-19-9-12-26(21(27)25-10-4-11-25)20(19)14-17-7-3-8-18(23-17)15-5-2-6-16(22)13-15/h2-3,5-8,13,19-20,24H,4,9-12,14H2,1H3. The fraction of sp³-hybridized carbons (Fsp3) is 0.429. The van der Waals surface area contributed by atoms with Crippen molar-refractivity contribution in [1.82, 2.24) is 19.5 Å². The maximum atomic E-state index is 13.6. The number of aromatic nitrogens is 1. The van der Waals surface area contributed by atoms with Crippen molar-refractivity contribution in [3.8, 4) is 11.3 Å². The molecule has 2 aliphatic rings. The third-order valence-corrected chi connectivity index (χ3v) is 6.36. The summed E-state index contributed by atoms with van der Waals surface area (Å²) in [6, 6.07) is 11.0. The fourth-order valence-corrected chi connectivity index (χ4v) is 4.89. The molecule has 0 saturated carbocycles. The van der Waals surface area contributed by atoms with Crippen LogP contribution in [0.2, 0.25) is 0 Å². The molecule has 3 heterocycles. The zero-order chi connectivity index (χ0) is 21.3. The normalized spacial score (nSPS) is 21.5. The number of nitrogens with zero attached hydrogens (tertiary/aromatic N) is 3. The van der Waals surface area contributed by atoms with Crippen LogP contribution in [0.5, 0.6) is 0 Å². The summed E-state index contributed by atoms with van der Waals surface area (Å²) in [7, 11) is -3.41. The smallest absolute Gasteiger partial charge is 0.320 e. The topological polar surface area (TPSA) is 82.6 Å². The number of likely N-dealkylation sites (tertiary alicyclic amines) is 2. The van der Waals surface area contributed by atoms with Gasteiger partial charge in [-0.05, 0) is 37.1 Å². The number of nitrogens with one attached hydrogen (secondary N) is 1. The molecule has 1 aromatic heterocycles. The number of sulfonamides is 1. The van der Waals surface area contributed by atoms with Crippen LogP contribution in [0.15, 0.2) is 42.5 Å². The third kappa shape index (κ3) is 4.62. The molecule has 4 rings (SSSR count). The van der Waals surface area contributed by atoms with Gasteiger partial charge < -0.3 is 9.80 Å². The zero-order valence-corrected chi connectivity index (χ0v) is 17.6. The summed E-state index contributed by atoms with van der Waals surface area (Å²) in [6.45, 7) is 1.97. The SMILES string of the molecule is CS(=O)(=O)NC1CCN(C(=O)N2CCC2)C1Cc1cccc(-c2cccc(F)c2)n1. The zero-order valence-electron chi connectivity index (χ0n) is 16.8. The first-order valence-corrected chi connectivity index (χ1v) is 11.9. The van der Waals surface area contributed by atoms with Crippen molar-refractivity contribution in [1.29, 1.82) is 0 Å². The van der Waals surface area contributed by atoms with Gasteiger partial charge in [0.05, 0.1) is 18.0 Å². The minimum atomic E-state index is -3.41. The first kappa shape index (κ1) is 20.7. The van der Waals surface area contributed by atoms with Crippen molar-refractivity contribution in [3.05, 3.63) is 54.0 Å². The van der Waals surface area contributed by atoms with Gasteiger partial charge in [-0.3, -0.25) is 4.98 Å². The second kappa shape index (κ2) is 8.31. The Morgan fingerprint density at radius 1 is 1.20 bits per heavy atom. The number of amides is 2. The lowest BCUT2D eigenvalue weighted by atomic mass is 10.0. The number of hydrogen-bond acceptors (Lipinski definition) is 4. The lowest BCUT2D eigenvalue weighted by Crippen LogP contribution is -2.54. The Morgan fingerprint density at radius 2 is 1.97 bits per heavy atom. The molecule has 2 fully saturated rings. The van der Waals surface area contributed by atoms with Crippen molar-refractivity contribution < 1.29 is 17.6 Å². The third-order valence-electron chi connectivity index (χ3n) is 5.63. The lowest BCUT2D eigenvalue weighted by molar-refractivity contribution is 0.120. The van der Waals surface area contributed by atoms with E-state index in [0.29, 0.717) is 30.6 Å². The highest BCUT2D eigenvalue weighted by molar-refractivity contribution is 7.88. The summed E-state index contributed by atoms with van der Waals surface area (Å²) >= 11 is 0. The van der Waals surface area contributed by atoms with Gasteiger partial charge in [0.15, 0.2) is 0 Å². The summed E-state index contributed by atoms with van der Waals surface area (Å²) in [5.41, 5.74) is 2.03. The van der Waals surface area contributed by atoms with Crippen molar-refractivity contribution in [2.24, 2.45) is 0 Å². The fourth-order valence-electron chi connectivity index (χ4n) is 4.06. The Morgan fingerprint density at radius 3 is 2.63 bits per heavy atom. The largest absolute Gasteiger partial charge is 0.325 e. The van der Waals surface area contributed by atoms with Crippen LogP contribution >= 0.6 is 0 Å². The summed E-state index contributed by atoms with van der Waals surface area (Å²) < 4.78 is 40.0. The summed E-state index contributed by atoms with van der Waals surface area (Å²) in [6.07, 6.45) is 3.09. The number of carbonyl (C=O) groups is 1. The summed E-state index contributed by atoms with van der Waals surface area (Å²) in [4.78, 5) is 21.1. The van der Waals surface area contributed by atoms with Crippen LogP contribution in [0.25, 0.3) is 11.3 Å². The van der Waals surface area contributed by atoms with E-state index >= 15 is 0 Å². The van der Waals surface area contributed by atoms with Gasteiger partial charge in [0.25, 0.3) is 0 Å². The average molecular weight is 433 g/mol. The minimum absolute atomic E-state index is 0.0506. The number of halogens is 1. The summed E-state index contributed by atoms with van der Waals surface area (Å²) in [5, 5.41) is 0. The molecule has 2 aliphatic heterocycles. The molecule has 160 valence electrons. The van der Waals surface area contributed by atoms with E-state index in [2.05, 4.69) is 9.71 Å². The second-order valence-corrected chi connectivity index (χ2v) is 9.68. The molecule has 0 radical (unpaired) electrons. The van der Waals surface area contributed by atoms with Crippen LogP contribution in [0.4, 0.5) is 9.18 Å². The molecule has 0 spiro atoms. The monoisotopic (exact) mass is 432 g/mol. The average Bonchev–Trinajstić information content (AvgIpc) is 3.01. The van der Waals surface area contributed by atoms with Crippen LogP contribution in [0.1, 0.15) is 18.5 Å². The quantitative estimate of drug-likeness (QED) is 0.786. The van der Waals surface area contributed by atoms with Crippen LogP contribution in [0.3, 0.4) is 0 Å². The van der Waals surface area contributed by atoms with Gasteiger partial charge in [0.1, 0.15) is 5.82 Å². The van der Waals surface area contributed by atoms with Gasteiger partial charge >= 0.3 is 6.03 Å². The van der Waals surface area contributed by atoms with E-state index in [4.69, 9.17) is 0 Å². The molecular formula is C21H25FN4O3S. The van der Waals surface area contributed by atoms with E-state index in [-0.39, 0.29) is 23.9 Å². The van der Waals surface area contributed by atoms with Crippen molar-refractivity contribution >= 4 is 16.1 Å². The Kier molecular flexibility index (Phi) is 5.75. The first-order chi connectivity index (χ1) is 14.3. The number of benzene rings is 1. The Bertz CT molecular complexity index is 1040. The van der Waals surface area contributed by atoms with E-state index < -0.39 is 10.0 Å². The molecule has 0 bridgehead atoms. The van der Waals surface area contributed by atoms with E-state index in [0.717, 1.165) is 31.5 Å². The number of hydrogen-bond donors (Lipinski definition) is 1. The maximum absolute atomic E-state index is 13.6. The van der Waals surface area contributed by atoms with Gasteiger partial charge in [0, 0.05) is 43.4 Å². The molecule has 2 saturated heterocycles. The Balaban J connectivity index is 1.59. The van der Waals surface area contributed by atoms with Crippen LogP contribution in [-0.2, 0) is 16.4 Å². The van der Waals surface area contributed by atoms with Gasteiger partial charge in [-0.1, -0.05) is 18.2 Å². The van der Waals surface area contributed by atoms with Crippen molar-refractivity contribution in [2.45, 2.75) is 31.3 Å². The molecule has 0 aliphatic carbocycles. The number of carbonyl (C=O) groups excluding carboxylic acids is 1. The van der Waals surface area contributed by atoms with Gasteiger partial charge in [-0.25, -0.2) is 22.3 Å². The highest BCUT2D eigenvalue weighted by Crippen LogP contribution is 2.26. The molecule has 2 unspecified atom stereocenters. The lowest BCUT2D eigenvalue weighted by Gasteiger charge is -2.37. The predicted octanol–water partition coefficient (Wildman–Crippen LogP) is 2.25. The summed E-state index contributed by atoms with van der Waals surface area (Å²) in [5.74, 6) is -0.334. The molecule has 30 heavy (non-hydrogen) atoms. The molecule has 2 aromatic rings. The van der Waals surface area contributed by atoms with Crippen LogP contribution in [0, 0.1) is 5.82 Å². The highest BCUT2D eigenvalue weighted by Gasteiger charge is 2.41. The Hall–Kier alpha value is -2.52. The second-order valence-electron chi connectivity index (χ2n) is 7.90. The maximum Gasteiger partial charge on any atom is 0.320 e. The van der Waals surface area contributed by atoms with E-state index in [1.165, 1.54) is 12.1 Å². The molecule has 2 atom stereocenters. The molecule has 7 nitrogen and oxygen atoms in total. The van der Waals surface area contributed by atoms with E-state index in [1.807, 2.05) is 18.2 Å². The molecule has 1 N–H and O–H groups in total. The van der Waals surface area contributed by atoms with Crippen molar-refractivity contribution in [2.75, 3.05) is 25.9 Å². The van der Waals surface area contributed by atoms with Crippen LogP contribution in [-0.4, -0.2) is 67.2 Å². The number of pyridine rings is 1. The Labute approximate surface area is 176 Å². The predicted molar refractivity (Wildman–Crippen MR) is 112 cm³/mol. The van der Waals surface area contributed by atoms with Gasteiger partial charge in [-0.15, -0.1) is 0 Å². The molecular weight excluding hydrogens is 407 g/mol. The molecule has 9 heteroatoms. The van der Waals surface area contributed by atoms with Gasteiger partial charge in [0.2, 0.25) is 10.0 Å². The minimum Gasteiger partial charge on any atom is -0.325 e. The van der Waals surface area contributed by atoms with E-state index in [9.17, 15) is 17.6 Å². The van der Waals surface area contributed by atoms with Crippen LogP contribution < -0.4 is 4.72 Å². The van der Waals surface area contributed by atoms with Crippen molar-refractivity contribution in [3.63, 3.8) is 0 Å². The molecule has 1 aromatic carbocycles. The van der Waals surface area contributed by atoms with Gasteiger partial charge in [-0.2, -0.15) is 0 Å².